The summed E-state index contributed by atoms with van der Waals surface area (Å²) in [7, 11) is 1.54. The molecule has 1 aromatic rings. The summed E-state index contributed by atoms with van der Waals surface area (Å²) < 4.78 is 5.06. The monoisotopic (exact) mass is 210 g/mol. The van der Waals surface area contributed by atoms with E-state index in [0.717, 1.165) is 13.1 Å². The molecule has 2 heterocycles. The van der Waals surface area contributed by atoms with E-state index in [9.17, 15) is 4.79 Å². The molecule has 1 aliphatic heterocycles. The highest BCUT2D eigenvalue weighted by atomic mass is 16.5. The Labute approximate surface area is 87.4 Å². The van der Waals surface area contributed by atoms with Gasteiger partial charge in [-0.1, -0.05) is 12.1 Å². The lowest BCUT2D eigenvalue weighted by molar-refractivity contribution is 0.0950. The van der Waals surface area contributed by atoms with Gasteiger partial charge in [-0.2, -0.15) is 4.98 Å². The fraction of sp³-hybridized carbons (Fsp3) is 0.667. The highest BCUT2D eigenvalue weighted by Gasteiger charge is 2.29. The quantitative estimate of drug-likeness (QED) is 0.719. The molecule has 6 heteroatoms. The summed E-state index contributed by atoms with van der Waals surface area (Å²) in [4.78, 5) is 15.3. The van der Waals surface area contributed by atoms with Crippen molar-refractivity contribution in [1.29, 1.82) is 0 Å². The second kappa shape index (κ2) is 3.98. The van der Waals surface area contributed by atoms with E-state index in [1.165, 1.54) is 7.05 Å². The summed E-state index contributed by atoms with van der Waals surface area (Å²) in [5, 5.41) is 9.27. The Hall–Kier alpha value is -1.43. The molecule has 0 saturated carbocycles. The molecule has 1 unspecified atom stereocenters. The normalized spacial score (nSPS) is 18.3. The van der Waals surface area contributed by atoms with E-state index in [1.54, 1.807) is 0 Å². The van der Waals surface area contributed by atoms with Gasteiger partial charge in [0, 0.05) is 13.0 Å². The summed E-state index contributed by atoms with van der Waals surface area (Å²) in [6, 6.07) is 0. The summed E-state index contributed by atoms with van der Waals surface area (Å²) in [5.41, 5.74) is 0. The molecule has 82 valence electrons. The standard InChI is InChI=1S/C9H14N4O2/c1-5(6-3-11-4-6)9-12-7(13-15-9)8(14)10-2/h5-6,11H,3-4H2,1-2H3,(H,10,14). The smallest absolute Gasteiger partial charge is 0.292 e. The highest BCUT2D eigenvalue weighted by Crippen LogP contribution is 2.25. The van der Waals surface area contributed by atoms with Crippen LogP contribution >= 0.6 is 0 Å². The third-order valence-electron chi connectivity index (χ3n) is 2.78. The molecule has 0 aliphatic carbocycles. The van der Waals surface area contributed by atoms with Gasteiger partial charge < -0.3 is 15.2 Å². The minimum atomic E-state index is -0.316. The molecule has 0 spiro atoms. The van der Waals surface area contributed by atoms with Crippen LogP contribution in [-0.4, -0.2) is 36.2 Å². The topological polar surface area (TPSA) is 80.0 Å². The number of nitrogens with one attached hydrogen (secondary N) is 2. The Balaban J connectivity index is 2.08. The van der Waals surface area contributed by atoms with Crippen molar-refractivity contribution in [3.8, 4) is 0 Å². The van der Waals surface area contributed by atoms with Crippen molar-refractivity contribution >= 4 is 5.91 Å². The van der Waals surface area contributed by atoms with Gasteiger partial charge in [0.25, 0.3) is 11.7 Å². The van der Waals surface area contributed by atoms with Gasteiger partial charge in [0.2, 0.25) is 5.89 Å². The molecule has 1 atom stereocenters. The van der Waals surface area contributed by atoms with E-state index in [1.807, 2.05) is 6.92 Å². The Morgan fingerprint density at radius 3 is 2.93 bits per heavy atom. The molecule has 1 fully saturated rings. The molecule has 2 N–H and O–H groups in total. The fourth-order valence-corrected chi connectivity index (χ4v) is 1.49. The summed E-state index contributed by atoms with van der Waals surface area (Å²) in [5.74, 6) is 1.07. The molecular formula is C9H14N4O2. The molecule has 0 radical (unpaired) electrons. The second-order valence-electron chi connectivity index (χ2n) is 3.74. The first-order valence-electron chi connectivity index (χ1n) is 4.98. The Kier molecular flexibility index (Phi) is 2.68. The zero-order chi connectivity index (χ0) is 10.8. The van der Waals surface area contributed by atoms with Crippen LogP contribution in [0.1, 0.15) is 29.4 Å². The maximum Gasteiger partial charge on any atom is 0.292 e. The Morgan fingerprint density at radius 1 is 1.67 bits per heavy atom. The summed E-state index contributed by atoms with van der Waals surface area (Å²) in [6.07, 6.45) is 0. The van der Waals surface area contributed by atoms with Gasteiger partial charge >= 0.3 is 0 Å². The first-order chi connectivity index (χ1) is 7.22. The SMILES string of the molecule is CNC(=O)c1noc(C(C)C2CNC2)n1. The molecular weight excluding hydrogens is 196 g/mol. The van der Waals surface area contributed by atoms with E-state index in [2.05, 4.69) is 20.8 Å². The number of rotatable bonds is 3. The molecule has 1 aromatic heterocycles. The van der Waals surface area contributed by atoms with Crippen molar-refractivity contribution in [2.24, 2.45) is 5.92 Å². The molecule has 1 amide bonds. The van der Waals surface area contributed by atoms with Crippen molar-refractivity contribution in [2.45, 2.75) is 12.8 Å². The van der Waals surface area contributed by atoms with Gasteiger partial charge in [-0.25, -0.2) is 0 Å². The van der Waals surface area contributed by atoms with E-state index in [0.29, 0.717) is 11.8 Å². The molecule has 1 aliphatic rings. The van der Waals surface area contributed by atoms with Crippen LogP contribution in [0.25, 0.3) is 0 Å². The number of amides is 1. The minimum Gasteiger partial charge on any atom is -0.352 e. The largest absolute Gasteiger partial charge is 0.352 e. The molecule has 1 saturated heterocycles. The van der Waals surface area contributed by atoms with Gasteiger partial charge in [-0.15, -0.1) is 0 Å². The van der Waals surface area contributed by atoms with Crippen LogP contribution in [0, 0.1) is 5.92 Å². The number of aromatic nitrogens is 2. The van der Waals surface area contributed by atoms with Crippen LogP contribution in [0.2, 0.25) is 0 Å². The predicted molar refractivity (Wildman–Crippen MR) is 52.5 cm³/mol. The van der Waals surface area contributed by atoms with E-state index in [-0.39, 0.29) is 17.6 Å². The maximum atomic E-state index is 11.2. The third kappa shape index (κ3) is 1.85. The van der Waals surface area contributed by atoms with E-state index < -0.39 is 0 Å². The first kappa shape index (κ1) is 10.1. The maximum absolute atomic E-state index is 11.2. The third-order valence-corrected chi connectivity index (χ3v) is 2.78. The lowest BCUT2D eigenvalue weighted by Crippen LogP contribution is -2.44. The number of nitrogens with zero attached hydrogens (tertiary/aromatic N) is 2. The second-order valence-corrected chi connectivity index (χ2v) is 3.74. The lowest BCUT2D eigenvalue weighted by Gasteiger charge is -2.30. The van der Waals surface area contributed by atoms with E-state index in [4.69, 9.17) is 4.52 Å². The van der Waals surface area contributed by atoms with Crippen LogP contribution in [0.3, 0.4) is 0 Å². The van der Waals surface area contributed by atoms with Gasteiger partial charge in [0.15, 0.2) is 0 Å². The molecule has 6 nitrogen and oxygen atoms in total. The van der Waals surface area contributed by atoms with Gasteiger partial charge in [0.05, 0.1) is 0 Å². The van der Waals surface area contributed by atoms with Crippen molar-refractivity contribution in [3.05, 3.63) is 11.7 Å². The minimum absolute atomic E-state index is 0.103. The summed E-state index contributed by atoms with van der Waals surface area (Å²) in [6.45, 7) is 3.98. The highest BCUT2D eigenvalue weighted by molar-refractivity contribution is 5.89. The van der Waals surface area contributed by atoms with E-state index >= 15 is 0 Å². The Bertz CT molecular complexity index is 359. The van der Waals surface area contributed by atoms with Crippen LogP contribution in [0.15, 0.2) is 4.52 Å². The van der Waals surface area contributed by atoms with Crippen molar-refractivity contribution in [2.75, 3.05) is 20.1 Å². The summed E-state index contributed by atoms with van der Waals surface area (Å²) >= 11 is 0. The average molecular weight is 210 g/mol. The molecule has 0 aromatic carbocycles. The van der Waals surface area contributed by atoms with Crippen molar-refractivity contribution < 1.29 is 9.32 Å². The first-order valence-corrected chi connectivity index (χ1v) is 4.98. The van der Waals surface area contributed by atoms with Gasteiger partial charge in [0.1, 0.15) is 0 Å². The predicted octanol–water partition coefficient (Wildman–Crippen LogP) is -0.248. The van der Waals surface area contributed by atoms with Crippen molar-refractivity contribution in [1.82, 2.24) is 20.8 Å². The Morgan fingerprint density at radius 2 is 2.40 bits per heavy atom. The number of carbonyl (C=O) groups excluding carboxylic acids is 1. The van der Waals surface area contributed by atoms with Crippen molar-refractivity contribution in [3.63, 3.8) is 0 Å². The van der Waals surface area contributed by atoms with Crippen LogP contribution in [0.5, 0.6) is 0 Å². The van der Waals surface area contributed by atoms with Crippen LogP contribution in [-0.2, 0) is 0 Å². The van der Waals surface area contributed by atoms with Gasteiger partial charge in [-0.3, -0.25) is 4.79 Å². The number of hydrogen-bond acceptors (Lipinski definition) is 5. The molecule has 2 rings (SSSR count). The lowest BCUT2D eigenvalue weighted by atomic mass is 9.89. The molecule has 0 bridgehead atoms. The zero-order valence-corrected chi connectivity index (χ0v) is 8.78. The number of carbonyl (C=O) groups is 1. The van der Waals surface area contributed by atoms with Crippen LogP contribution in [0.4, 0.5) is 0 Å². The molecule has 15 heavy (non-hydrogen) atoms. The van der Waals surface area contributed by atoms with Gasteiger partial charge in [-0.05, 0) is 19.0 Å². The average Bonchev–Trinajstić information content (AvgIpc) is 2.62. The zero-order valence-electron chi connectivity index (χ0n) is 8.78. The van der Waals surface area contributed by atoms with Crippen LogP contribution < -0.4 is 10.6 Å². The number of hydrogen-bond donors (Lipinski definition) is 2. The fourth-order valence-electron chi connectivity index (χ4n) is 1.49.